The minimum absolute atomic E-state index is 0.0779. The van der Waals surface area contributed by atoms with Gasteiger partial charge in [0.25, 0.3) is 5.91 Å². The molecule has 0 aromatic carbocycles. The molecule has 2 aliphatic rings. The lowest BCUT2D eigenvalue weighted by Gasteiger charge is -2.33. The van der Waals surface area contributed by atoms with Crippen molar-refractivity contribution >= 4 is 17.4 Å². The number of ether oxygens (including phenoxy) is 2. The molecule has 0 saturated carbocycles. The standard InChI is InChI=1S/C27H30N8O3/c1-28-26(36)20-11-19(12-29-13-20)22-15-31-35-16-23(27(32-25(22)35)38-21-5-10-37-17-21)18-3-4-24(30-14-18)34-8-6-33(2)7-9-34/h3-4,11-16,21H,5-10,17H2,1-2H3,(H,28,36)/t21-/m0/s1. The van der Waals surface area contributed by atoms with Crippen LogP contribution in [0.1, 0.15) is 16.8 Å². The van der Waals surface area contributed by atoms with Gasteiger partial charge in [-0.2, -0.15) is 10.1 Å². The van der Waals surface area contributed by atoms with Crippen molar-refractivity contribution in [2.45, 2.75) is 12.5 Å². The number of amides is 1. The fourth-order valence-corrected chi connectivity index (χ4v) is 4.77. The highest BCUT2D eigenvalue weighted by Crippen LogP contribution is 2.33. The molecular weight excluding hydrogens is 484 g/mol. The number of pyridine rings is 2. The largest absolute Gasteiger partial charge is 0.471 e. The Kier molecular flexibility index (Phi) is 6.61. The highest BCUT2D eigenvalue weighted by Gasteiger charge is 2.23. The van der Waals surface area contributed by atoms with E-state index in [0.717, 1.165) is 60.7 Å². The molecule has 11 heteroatoms. The van der Waals surface area contributed by atoms with Crippen molar-refractivity contribution in [2.75, 3.05) is 58.4 Å². The van der Waals surface area contributed by atoms with Gasteiger partial charge in [0.05, 0.1) is 30.5 Å². The summed E-state index contributed by atoms with van der Waals surface area (Å²) in [6, 6.07) is 5.89. The van der Waals surface area contributed by atoms with Crippen molar-refractivity contribution in [3.8, 4) is 28.1 Å². The molecule has 1 amide bonds. The minimum atomic E-state index is -0.205. The molecule has 0 unspecified atom stereocenters. The molecule has 0 aliphatic carbocycles. The number of hydrogen-bond donors (Lipinski definition) is 1. The molecular formula is C27H30N8O3. The van der Waals surface area contributed by atoms with E-state index in [4.69, 9.17) is 19.4 Å². The van der Waals surface area contributed by atoms with E-state index < -0.39 is 0 Å². The molecule has 0 spiro atoms. The van der Waals surface area contributed by atoms with Crippen LogP contribution in [0.3, 0.4) is 0 Å². The summed E-state index contributed by atoms with van der Waals surface area (Å²) in [4.78, 5) is 30.7. The maximum atomic E-state index is 12.2. The zero-order valence-corrected chi connectivity index (χ0v) is 21.5. The molecule has 2 fully saturated rings. The lowest BCUT2D eigenvalue weighted by Crippen LogP contribution is -2.44. The van der Waals surface area contributed by atoms with Crippen molar-refractivity contribution in [3.05, 3.63) is 54.7 Å². The number of piperazine rings is 1. The Morgan fingerprint density at radius 2 is 1.95 bits per heavy atom. The summed E-state index contributed by atoms with van der Waals surface area (Å²) in [6.07, 6.45) is 9.48. The molecule has 6 rings (SSSR count). The van der Waals surface area contributed by atoms with E-state index in [2.05, 4.69) is 44.4 Å². The Hall–Kier alpha value is -4.09. The van der Waals surface area contributed by atoms with Crippen LogP contribution in [0.25, 0.3) is 27.9 Å². The van der Waals surface area contributed by atoms with E-state index in [-0.39, 0.29) is 12.0 Å². The van der Waals surface area contributed by atoms with Gasteiger partial charge in [-0.15, -0.1) is 0 Å². The third-order valence-corrected chi connectivity index (χ3v) is 7.05. The first-order chi connectivity index (χ1) is 18.6. The minimum Gasteiger partial charge on any atom is -0.471 e. The van der Waals surface area contributed by atoms with Crippen LogP contribution in [0, 0.1) is 0 Å². The molecule has 11 nitrogen and oxygen atoms in total. The normalized spacial score (nSPS) is 18.2. The van der Waals surface area contributed by atoms with Crippen molar-refractivity contribution in [3.63, 3.8) is 0 Å². The van der Waals surface area contributed by atoms with Crippen LogP contribution >= 0.6 is 0 Å². The van der Waals surface area contributed by atoms with Gasteiger partial charge >= 0.3 is 0 Å². The summed E-state index contributed by atoms with van der Waals surface area (Å²) in [5.41, 5.74) is 4.27. The Balaban J connectivity index is 1.38. The molecule has 4 aromatic heterocycles. The third-order valence-electron chi connectivity index (χ3n) is 7.05. The number of rotatable bonds is 6. The van der Waals surface area contributed by atoms with E-state index >= 15 is 0 Å². The fraction of sp³-hybridized carbons (Fsp3) is 0.370. The average Bonchev–Trinajstić information content (AvgIpc) is 3.63. The summed E-state index contributed by atoms with van der Waals surface area (Å²) in [6.45, 7) is 5.15. The van der Waals surface area contributed by atoms with Crippen molar-refractivity contribution in [2.24, 2.45) is 0 Å². The number of nitrogens with zero attached hydrogens (tertiary/aromatic N) is 7. The zero-order chi connectivity index (χ0) is 26.1. The maximum Gasteiger partial charge on any atom is 0.252 e. The molecule has 0 bridgehead atoms. The first-order valence-electron chi connectivity index (χ1n) is 12.8. The first kappa shape index (κ1) is 24.3. The van der Waals surface area contributed by atoms with Crippen molar-refractivity contribution in [1.29, 1.82) is 0 Å². The van der Waals surface area contributed by atoms with Gasteiger partial charge in [-0.1, -0.05) is 0 Å². The highest BCUT2D eigenvalue weighted by molar-refractivity contribution is 5.95. The van der Waals surface area contributed by atoms with Gasteiger partial charge in [0.2, 0.25) is 5.88 Å². The van der Waals surface area contributed by atoms with Crippen molar-refractivity contribution in [1.82, 2.24) is 34.8 Å². The summed E-state index contributed by atoms with van der Waals surface area (Å²) < 4.78 is 13.6. The number of carbonyl (C=O) groups is 1. The smallest absolute Gasteiger partial charge is 0.252 e. The number of aromatic nitrogens is 5. The van der Waals surface area contributed by atoms with E-state index in [1.54, 1.807) is 30.0 Å². The van der Waals surface area contributed by atoms with E-state index in [1.807, 2.05) is 12.4 Å². The van der Waals surface area contributed by atoms with Gasteiger partial charge in [0, 0.05) is 81.1 Å². The second kappa shape index (κ2) is 10.3. The number of nitrogens with one attached hydrogen (secondary N) is 1. The zero-order valence-electron chi connectivity index (χ0n) is 21.5. The van der Waals surface area contributed by atoms with Crippen molar-refractivity contribution < 1.29 is 14.3 Å². The number of carbonyl (C=O) groups excluding carboxylic acids is 1. The Labute approximate surface area is 220 Å². The van der Waals surface area contributed by atoms with Crippen LogP contribution in [-0.4, -0.2) is 95.0 Å². The summed E-state index contributed by atoms with van der Waals surface area (Å²) >= 11 is 0. The quantitative estimate of drug-likeness (QED) is 0.414. The maximum absolute atomic E-state index is 12.2. The monoisotopic (exact) mass is 514 g/mol. The predicted octanol–water partition coefficient (Wildman–Crippen LogP) is 2.13. The molecule has 196 valence electrons. The Bertz CT molecular complexity index is 1440. The molecule has 6 heterocycles. The average molecular weight is 515 g/mol. The van der Waals surface area contributed by atoms with Gasteiger partial charge in [-0.05, 0) is 25.2 Å². The van der Waals surface area contributed by atoms with Crippen LogP contribution in [0.5, 0.6) is 5.88 Å². The number of fused-ring (bicyclic) bond motifs is 1. The lowest BCUT2D eigenvalue weighted by atomic mass is 10.1. The second-order valence-electron chi connectivity index (χ2n) is 9.63. The summed E-state index contributed by atoms with van der Waals surface area (Å²) in [5.74, 6) is 1.26. The molecule has 1 atom stereocenters. The molecule has 4 aromatic rings. The summed E-state index contributed by atoms with van der Waals surface area (Å²) in [5, 5.41) is 7.19. The van der Waals surface area contributed by atoms with Gasteiger partial charge in [-0.25, -0.2) is 9.50 Å². The molecule has 0 radical (unpaired) electrons. The number of likely N-dealkylation sites (N-methyl/N-ethyl adjacent to an activating group) is 1. The third kappa shape index (κ3) is 4.77. The Morgan fingerprint density at radius 1 is 1.08 bits per heavy atom. The van der Waals surface area contributed by atoms with Gasteiger partial charge in [-0.3, -0.25) is 9.78 Å². The number of anilines is 1. The molecule has 2 saturated heterocycles. The fourth-order valence-electron chi connectivity index (χ4n) is 4.77. The highest BCUT2D eigenvalue weighted by atomic mass is 16.5. The van der Waals surface area contributed by atoms with Gasteiger partial charge in [0.15, 0.2) is 5.65 Å². The SMILES string of the molecule is CNC(=O)c1cncc(-c2cnn3cc(-c4ccc(N5CCN(C)CC5)nc4)c(O[C@H]4CCOC4)nc23)c1. The van der Waals surface area contributed by atoms with Gasteiger partial charge in [0.1, 0.15) is 11.9 Å². The van der Waals surface area contributed by atoms with Crippen LogP contribution in [0.15, 0.2) is 49.2 Å². The van der Waals surface area contributed by atoms with E-state index in [9.17, 15) is 4.79 Å². The lowest BCUT2D eigenvalue weighted by molar-refractivity contribution is 0.0962. The predicted molar refractivity (Wildman–Crippen MR) is 142 cm³/mol. The van der Waals surface area contributed by atoms with Crippen LogP contribution in [0.2, 0.25) is 0 Å². The van der Waals surface area contributed by atoms with Crippen LogP contribution in [-0.2, 0) is 4.74 Å². The first-order valence-corrected chi connectivity index (χ1v) is 12.8. The molecule has 38 heavy (non-hydrogen) atoms. The number of hydrogen-bond acceptors (Lipinski definition) is 9. The van der Waals surface area contributed by atoms with E-state index in [0.29, 0.717) is 30.3 Å². The van der Waals surface area contributed by atoms with Gasteiger partial charge < -0.3 is 24.6 Å². The van der Waals surface area contributed by atoms with E-state index in [1.165, 1.54) is 6.20 Å². The second-order valence-corrected chi connectivity index (χ2v) is 9.63. The molecule has 2 aliphatic heterocycles. The molecule has 1 N–H and O–H groups in total. The van der Waals surface area contributed by atoms with Crippen LogP contribution < -0.4 is 15.0 Å². The Morgan fingerprint density at radius 3 is 2.68 bits per heavy atom. The topological polar surface area (TPSA) is 110 Å². The van der Waals surface area contributed by atoms with Crippen LogP contribution in [0.4, 0.5) is 5.82 Å². The summed E-state index contributed by atoms with van der Waals surface area (Å²) in [7, 11) is 3.74.